The molecule has 2 aromatic rings. The summed E-state index contributed by atoms with van der Waals surface area (Å²) >= 11 is 0. The third-order valence-corrected chi connectivity index (χ3v) is 3.67. The number of hydrogen-bond acceptors (Lipinski definition) is 6. The van der Waals surface area contributed by atoms with Gasteiger partial charge in [-0.25, -0.2) is 0 Å². The van der Waals surface area contributed by atoms with Crippen molar-refractivity contribution in [1.29, 1.82) is 0 Å². The lowest BCUT2D eigenvalue weighted by Gasteiger charge is -2.11. The van der Waals surface area contributed by atoms with Crippen LogP contribution in [0.25, 0.3) is 12.2 Å². The second kappa shape index (κ2) is 6.62. The Kier molecular flexibility index (Phi) is 4.37. The van der Waals surface area contributed by atoms with E-state index in [0.29, 0.717) is 28.7 Å². The van der Waals surface area contributed by atoms with Crippen LogP contribution in [0.3, 0.4) is 0 Å². The summed E-state index contributed by atoms with van der Waals surface area (Å²) in [5, 5.41) is 9.66. The predicted molar refractivity (Wildman–Crippen MR) is 89.3 cm³/mol. The summed E-state index contributed by atoms with van der Waals surface area (Å²) in [5.41, 5.74) is 1.65. The Bertz CT molecular complexity index is 782. The molecule has 0 fully saturated rings. The van der Waals surface area contributed by atoms with Gasteiger partial charge < -0.3 is 28.8 Å². The van der Waals surface area contributed by atoms with Crippen LogP contribution in [0, 0.1) is 0 Å². The SMILES string of the molecule is COc1cc(C=Cc2cc(OC)c3c(c2OC)OCO3)ccc1O. The number of rotatable bonds is 5. The van der Waals surface area contributed by atoms with Crippen molar-refractivity contribution in [2.45, 2.75) is 0 Å². The predicted octanol–water partition coefficient (Wildman–Crippen LogP) is 3.32. The topological polar surface area (TPSA) is 66.4 Å². The van der Waals surface area contributed by atoms with Crippen LogP contribution in [0.5, 0.6) is 34.5 Å². The Balaban J connectivity index is 2.00. The fourth-order valence-electron chi connectivity index (χ4n) is 2.50. The normalized spacial score (nSPS) is 12.5. The second-order valence-electron chi connectivity index (χ2n) is 5.03. The van der Waals surface area contributed by atoms with Crippen LogP contribution in [0.15, 0.2) is 24.3 Å². The highest BCUT2D eigenvalue weighted by molar-refractivity contribution is 5.78. The molecular weight excluding hydrogens is 312 g/mol. The molecule has 1 heterocycles. The van der Waals surface area contributed by atoms with E-state index in [9.17, 15) is 5.11 Å². The van der Waals surface area contributed by atoms with Crippen molar-refractivity contribution in [2.24, 2.45) is 0 Å². The molecule has 0 radical (unpaired) electrons. The fraction of sp³-hybridized carbons (Fsp3) is 0.222. The minimum Gasteiger partial charge on any atom is -0.504 e. The van der Waals surface area contributed by atoms with Crippen LogP contribution >= 0.6 is 0 Å². The Morgan fingerprint density at radius 2 is 1.67 bits per heavy atom. The van der Waals surface area contributed by atoms with Gasteiger partial charge in [-0.3, -0.25) is 0 Å². The maximum atomic E-state index is 9.66. The zero-order chi connectivity index (χ0) is 17.1. The summed E-state index contributed by atoms with van der Waals surface area (Å²) in [6.07, 6.45) is 3.75. The lowest BCUT2D eigenvalue weighted by atomic mass is 10.1. The van der Waals surface area contributed by atoms with Gasteiger partial charge >= 0.3 is 0 Å². The van der Waals surface area contributed by atoms with Crippen LogP contribution in [0.4, 0.5) is 0 Å². The first-order valence-corrected chi connectivity index (χ1v) is 7.27. The van der Waals surface area contributed by atoms with Gasteiger partial charge in [0.25, 0.3) is 0 Å². The van der Waals surface area contributed by atoms with E-state index < -0.39 is 0 Å². The third kappa shape index (κ3) is 2.78. The van der Waals surface area contributed by atoms with Crippen molar-refractivity contribution in [3.05, 3.63) is 35.4 Å². The molecule has 24 heavy (non-hydrogen) atoms. The standard InChI is InChI=1S/C18H18O6/c1-20-14-8-11(5-7-13(14)19)4-6-12-9-15(21-2)17-18(16(12)22-3)24-10-23-17/h4-9,19H,10H2,1-3H3. The smallest absolute Gasteiger partial charge is 0.231 e. The molecule has 6 heteroatoms. The van der Waals surface area contributed by atoms with Gasteiger partial charge in [0.05, 0.1) is 21.3 Å². The van der Waals surface area contributed by atoms with Crippen LogP contribution < -0.4 is 23.7 Å². The molecule has 1 N–H and O–H groups in total. The molecule has 3 rings (SSSR count). The fourth-order valence-corrected chi connectivity index (χ4v) is 2.50. The van der Waals surface area contributed by atoms with E-state index in [-0.39, 0.29) is 12.5 Å². The molecule has 0 aliphatic carbocycles. The molecular formula is C18H18O6. The Hall–Kier alpha value is -3.02. The van der Waals surface area contributed by atoms with E-state index in [0.717, 1.165) is 11.1 Å². The van der Waals surface area contributed by atoms with Crippen molar-refractivity contribution in [2.75, 3.05) is 28.1 Å². The molecule has 0 atom stereocenters. The maximum Gasteiger partial charge on any atom is 0.231 e. The number of benzene rings is 2. The molecule has 1 aliphatic heterocycles. The summed E-state index contributed by atoms with van der Waals surface area (Å²) in [7, 11) is 4.65. The van der Waals surface area contributed by atoms with Gasteiger partial charge in [0.15, 0.2) is 23.0 Å². The first kappa shape index (κ1) is 15.9. The molecule has 0 bridgehead atoms. The summed E-state index contributed by atoms with van der Waals surface area (Å²) in [6, 6.07) is 6.92. The van der Waals surface area contributed by atoms with E-state index in [1.54, 1.807) is 32.4 Å². The van der Waals surface area contributed by atoms with Gasteiger partial charge in [0, 0.05) is 5.56 Å². The van der Waals surface area contributed by atoms with Crippen molar-refractivity contribution >= 4 is 12.2 Å². The van der Waals surface area contributed by atoms with E-state index in [2.05, 4.69) is 0 Å². The number of aromatic hydroxyl groups is 1. The van der Waals surface area contributed by atoms with Gasteiger partial charge in [-0.1, -0.05) is 18.2 Å². The third-order valence-electron chi connectivity index (χ3n) is 3.67. The zero-order valence-electron chi connectivity index (χ0n) is 13.7. The average molecular weight is 330 g/mol. The highest BCUT2D eigenvalue weighted by Crippen LogP contribution is 2.49. The quantitative estimate of drug-likeness (QED) is 0.849. The van der Waals surface area contributed by atoms with E-state index in [1.165, 1.54) is 7.11 Å². The summed E-state index contributed by atoms with van der Waals surface area (Å²) in [5.74, 6) is 2.72. The van der Waals surface area contributed by atoms with Crippen LogP contribution in [-0.4, -0.2) is 33.2 Å². The minimum atomic E-state index is 0.0944. The molecule has 126 valence electrons. The highest BCUT2D eigenvalue weighted by atomic mass is 16.7. The van der Waals surface area contributed by atoms with Crippen LogP contribution in [-0.2, 0) is 0 Å². The van der Waals surface area contributed by atoms with E-state index in [1.807, 2.05) is 18.2 Å². The lowest BCUT2D eigenvalue weighted by Crippen LogP contribution is -1.94. The molecule has 0 amide bonds. The molecule has 0 aromatic heterocycles. The first-order chi connectivity index (χ1) is 11.7. The molecule has 0 spiro atoms. The monoisotopic (exact) mass is 330 g/mol. The molecule has 1 aliphatic rings. The number of ether oxygens (including phenoxy) is 5. The average Bonchev–Trinajstić information content (AvgIpc) is 3.09. The maximum absolute atomic E-state index is 9.66. The number of hydrogen-bond donors (Lipinski definition) is 1. The Morgan fingerprint density at radius 1 is 0.917 bits per heavy atom. The van der Waals surface area contributed by atoms with Gasteiger partial charge in [-0.2, -0.15) is 0 Å². The molecule has 2 aromatic carbocycles. The zero-order valence-corrected chi connectivity index (χ0v) is 13.7. The molecule has 0 unspecified atom stereocenters. The van der Waals surface area contributed by atoms with Crippen molar-refractivity contribution in [3.63, 3.8) is 0 Å². The van der Waals surface area contributed by atoms with Crippen molar-refractivity contribution < 1.29 is 28.8 Å². The molecule has 0 saturated carbocycles. The molecule has 6 nitrogen and oxygen atoms in total. The van der Waals surface area contributed by atoms with Gasteiger partial charge in [0.2, 0.25) is 18.3 Å². The first-order valence-electron chi connectivity index (χ1n) is 7.27. The summed E-state index contributed by atoms with van der Waals surface area (Å²) < 4.78 is 26.9. The number of methoxy groups -OCH3 is 3. The van der Waals surface area contributed by atoms with Crippen molar-refractivity contribution in [1.82, 2.24) is 0 Å². The van der Waals surface area contributed by atoms with Gasteiger partial charge in [-0.05, 0) is 23.8 Å². The van der Waals surface area contributed by atoms with Gasteiger partial charge in [0.1, 0.15) is 0 Å². The molecule has 0 saturated heterocycles. The second-order valence-corrected chi connectivity index (χ2v) is 5.03. The highest BCUT2D eigenvalue weighted by Gasteiger charge is 2.26. The summed E-state index contributed by atoms with van der Waals surface area (Å²) in [6.45, 7) is 0.129. The largest absolute Gasteiger partial charge is 0.504 e. The minimum absolute atomic E-state index is 0.0944. The number of phenolic OH excluding ortho intramolecular Hbond substituents is 1. The Morgan fingerprint density at radius 3 is 2.38 bits per heavy atom. The Labute approximate surface area is 139 Å². The van der Waals surface area contributed by atoms with E-state index in [4.69, 9.17) is 23.7 Å². The van der Waals surface area contributed by atoms with Crippen molar-refractivity contribution in [3.8, 4) is 34.5 Å². The van der Waals surface area contributed by atoms with E-state index >= 15 is 0 Å². The van der Waals surface area contributed by atoms with Gasteiger partial charge in [-0.15, -0.1) is 0 Å². The van der Waals surface area contributed by atoms with Crippen LogP contribution in [0.1, 0.15) is 11.1 Å². The van der Waals surface area contributed by atoms with Crippen LogP contribution in [0.2, 0.25) is 0 Å². The number of phenols is 1. The number of fused-ring (bicyclic) bond motifs is 1. The lowest BCUT2D eigenvalue weighted by molar-refractivity contribution is 0.168. The summed E-state index contributed by atoms with van der Waals surface area (Å²) in [4.78, 5) is 0.